The Morgan fingerprint density at radius 1 is 1.08 bits per heavy atom. The summed E-state index contributed by atoms with van der Waals surface area (Å²) in [6, 6.07) is 11.7. The van der Waals surface area contributed by atoms with E-state index in [1.807, 2.05) is 48.7 Å². The minimum absolute atomic E-state index is 0.0806. The number of anilines is 1. The van der Waals surface area contributed by atoms with Gasteiger partial charge in [0.05, 0.1) is 0 Å². The molecule has 5 heteroatoms. The molecule has 3 aromatic rings. The van der Waals surface area contributed by atoms with E-state index in [4.69, 9.17) is 0 Å². The van der Waals surface area contributed by atoms with Gasteiger partial charge < -0.3 is 5.32 Å². The van der Waals surface area contributed by atoms with Gasteiger partial charge in [0.25, 0.3) is 5.91 Å². The number of nitrogens with one attached hydrogen (secondary N) is 1. The lowest BCUT2D eigenvalue weighted by molar-refractivity contribution is 0.102. The normalized spacial score (nSPS) is 10.6. The average Bonchev–Trinajstić information content (AvgIpc) is 3.11. The molecule has 0 aliphatic rings. The van der Waals surface area contributed by atoms with E-state index >= 15 is 0 Å². The number of aromatic nitrogens is 3. The lowest BCUT2D eigenvalue weighted by Crippen LogP contribution is -2.15. The first kappa shape index (κ1) is 15.9. The molecule has 122 valence electrons. The summed E-state index contributed by atoms with van der Waals surface area (Å²) in [6.07, 6.45) is 4.15. The zero-order valence-electron chi connectivity index (χ0n) is 14.1. The Morgan fingerprint density at radius 2 is 1.79 bits per heavy atom. The molecule has 1 N–H and O–H groups in total. The molecule has 0 unspecified atom stereocenters. The number of hydrogen-bond acceptors (Lipinski definition) is 3. The van der Waals surface area contributed by atoms with E-state index in [-0.39, 0.29) is 5.91 Å². The van der Waals surface area contributed by atoms with Gasteiger partial charge in [-0.2, -0.15) is 0 Å². The van der Waals surface area contributed by atoms with E-state index in [9.17, 15) is 4.79 Å². The van der Waals surface area contributed by atoms with Crippen LogP contribution in [0.1, 0.15) is 34.0 Å². The summed E-state index contributed by atoms with van der Waals surface area (Å²) in [4.78, 5) is 12.6. The van der Waals surface area contributed by atoms with Gasteiger partial charge in [0.15, 0.2) is 0 Å². The van der Waals surface area contributed by atoms with E-state index in [0.29, 0.717) is 5.56 Å². The third kappa shape index (κ3) is 3.06. The van der Waals surface area contributed by atoms with Crippen molar-refractivity contribution in [3.8, 4) is 5.69 Å². The second-order valence-electron chi connectivity index (χ2n) is 5.79. The molecular formula is C19H20N4O. The monoisotopic (exact) mass is 320 g/mol. The number of benzene rings is 2. The fraction of sp³-hybridized carbons (Fsp3) is 0.211. The van der Waals surface area contributed by atoms with Crippen LogP contribution in [0.15, 0.2) is 49.1 Å². The van der Waals surface area contributed by atoms with Gasteiger partial charge in [-0.05, 0) is 55.2 Å². The van der Waals surface area contributed by atoms with Crippen LogP contribution in [0.25, 0.3) is 5.69 Å². The van der Waals surface area contributed by atoms with Crippen molar-refractivity contribution in [2.45, 2.75) is 27.2 Å². The molecule has 1 heterocycles. The van der Waals surface area contributed by atoms with Crippen molar-refractivity contribution in [3.05, 3.63) is 71.3 Å². The van der Waals surface area contributed by atoms with E-state index in [1.54, 1.807) is 12.7 Å². The molecule has 0 radical (unpaired) electrons. The molecular weight excluding hydrogens is 300 g/mol. The maximum atomic E-state index is 12.6. The molecule has 2 aromatic carbocycles. The van der Waals surface area contributed by atoms with Gasteiger partial charge in [-0.3, -0.25) is 9.36 Å². The molecule has 0 bridgehead atoms. The Kier molecular flexibility index (Phi) is 4.42. The predicted molar refractivity (Wildman–Crippen MR) is 94.6 cm³/mol. The molecule has 1 amide bonds. The highest BCUT2D eigenvalue weighted by molar-refractivity contribution is 6.06. The fourth-order valence-electron chi connectivity index (χ4n) is 2.79. The number of rotatable bonds is 4. The first-order valence-corrected chi connectivity index (χ1v) is 7.95. The molecule has 3 rings (SSSR count). The molecule has 5 nitrogen and oxygen atoms in total. The van der Waals surface area contributed by atoms with Crippen molar-refractivity contribution in [2.75, 3.05) is 5.32 Å². The summed E-state index contributed by atoms with van der Waals surface area (Å²) in [5, 5.41) is 10.8. The van der Waals surface area contributed by atoms with Gasteiger partial charge in [-0.1, -0.05) is 25.1 Å². The van der Waals surface area contributed by atoms with Crippen LogP contribution < -0.4 is 5.32 Å². The number of hydrogen-bond donors (Lipinski definition) is 1. The number of amides is 1. The largest absolute Gasteiger partial charge is 0.321 e. The Bertz CT molecular complexity index is 869. The van der Waals surface area contributed by atoms with Crippen LogP contribution in [0.5, 0.6) is 0 Å². The smallest absolute Gasteiger partial charge is 0.255 e. The lowest BCUT2D eigenvalue weighted by atomic mass is 10.0. The lowest BCUT2D eigenvalue weighted by Gasteiger charge is -2.16. The molecule has 1 aromatic heterocycles. The van der Waals surface area contributed by atoms with Crippen molar-refractivity contribution < 1.29 is 4.79 Å². The van der Waals surface area contributed by atoms with Gasteiger partial charge in [0.1, 0.15) is 12.7 Å². The van der Waals surface area contributed by atoms with E-state index < -0.39 is 0 Å². The summed E-state index contributed by atoms with van der Waals surface area (Å²) in [6.45, 7) is 6.02. The standard InChI is InChI=1S/C19H20N4O/c1-4-15-10-16(23-11-20-21-12-23)9-14(3)18(15)22-19(24)17-8-6-5-7-13(17)2/h5-12H,4H2,1-3H3,(H,22,24). The van der Waals surface area contributed by atoms with Crippen molar-refractivity contribution in [1.82, 2.24) is 14.8 Å². The molecule has 0 saturated carbocycles. The molecule has 24 heavy (non-hydrogen) atoms. The summed E-state index contributed by atoms with van der Waals surface area (Å²) in [5.74, 6) is -0.0806. The molecule has 0 saturated heterocycles. The van der Waals surface area contributed by atoms with Crippen molar-refractivity contribution in [3.63, 3.8) is 0 Å². The van der Waals surface area contributed by atoms with E-state index in [1.165, 1.54) is 0 Å². The number of carbonyl (C=O) groups is 1. The zero-order valence-corrected chi connectivity index (χ0v) is 14.1. The number of nitrogens with zero attached hydrogens (tertiary/aromatic N) is 3. The van der Waals surface area contributed by atoms with Crippen LogP contribution in [0.3, 0.4) is 0 Å². The Hall–Kier alpha value is -2.95. The van der Waals surface area contributed by atoms with E-state index in [0.717, 1.165) is 34.5 Å². The maximum absolute atomic E-state index is 12.6. The average molecular weight is 320 g/mol. The molecule has 0 fully saturated rings. The van der Waals surface area contributed by atoms with Crippen LogP contribution in [0.2, 0.25) is 0 Å². The highest BCUT2D eigenvalue weighted by Crippen LogP contribution is 2.26. The second-order valence-corrected chi connectivity index (χ2v) is 5.79. The van der Waals surface area contributed by atoms with Crippen molar-refractivity contribution >= 4 is 11.6 Å². The SMILES string of the molecule is CCc1cc(-n2cnnc2)cc(C)c1NC(=O)c1ccccc1C. The first-order chi connectivity index (χ1) is 11.6. The van der Waals surface area contributed by atoms with Gasteiger partial charge in [0.2, 0.25) is 0 Å². The summed E-state index contributed by atoms with van der Waals surface area (Å²) < 4.78 is 1.86. The third-order valence-electron chi connectivity index (χ3n) is 4.13. The Labute approximate surface area is 141 Å². The molecule has 0 aliphatic heterocycles. The predicted octanol–water partition coefficient (Wildman–Crippen LogP) is 3.70. The van der Waals surface area contributed by atoms with Crippen LogP contribution in [0, 0.1) is 13.8 Å². The first-order valence-electron chi connectivity index (χ1n) is 7.95. The molecule has 0 spiro atoms. The van der Waals surface area contributed by atoms with Crippen molar-refractivity contribution in [1.29, 1.82) is 0 Å². The number of aryl methyl sites for hydroxylation is 3. The van der Waals surface area contributed by atoms with Crippen molar-refractivity contribution in [2.24, 2.45) is 0 Å². The summed E-state index contributed by atoms with van der Waals surface area (Å²) >= 11 is 0. The van der Waals surface area contributed by atoms with E-state index in [2.05, 4.69) is 28.5 Å². The van der Waals surface area contributed by atoms with Crippen LogP contribution in [-0.2, 0) is 6.42 Å². The van der Waals surface area contributed by atoms with Crippen LogP contribution >= 0.6 is 0 Å². The minimum Gasteiger partial charge on any atom is -0.321 e. The minimum atomic E-state index is -0.0806. The number of carbonyl (C=O) groups excluding carboxylic acids is 1. The molecule has 0 aliphatic carbocycles. The van der Waals surface area contributed by atoms with Crippen LogP contribution in [0.4, 0.5) is 5.69 Å². The fourth-order valence-corrected chi connectivity index (χ4v) is 2.79. The highest BCUT2D eigenvalue weighted by Gasteiger charge is 2.14. The second kappa shape index (κ2) is 6.66. The Balaban J connectivity index is 1.96. The zero-order chi connectivity index (χ0) is 17.1. The quantitative estimate of drug-likeness (QED) is 0.797. The van der Waals surface area contributed by atoms with Crippen LogP contribution in [-0.4, -0.2) is 20.7 Å². The summed E-state index contributed by atoms with van der Waals surface area (Å²) in [7, 11) is 0. The third-order valence-corrected chi connectivity index (χ3v) is 4.13. The summed E-state index contributed by atoms with van der Waals surface area (Å²) in [5.41, 5.74) is 5.63. The topological polar surface area (TPSA) is 59.8 Å². The van der Waals surface area contributed by atoms with Gasteiger partial charge in [-0.25, -0.2) is 0 Å². The highest BCUT2D eigenvalue weighted by atomic mass is 16.1. The van der Waals surface area contributed by atoms with Gasteiger partial charge in [-0.15, -0.1) is 10.2 Å². The Morgan fingerprint density at radius 3 is 2.46 bits per heavy atom. The molecule has 0 atom stereocenters. The van der Waals surface area contributed by atoms with Gasteiger partial charge >= 0.3 is 0 Å². The van der Waals surface area contributed by atoms with Gasteiger partial charge in [0, 0.05) is 16.9 Å². The maximum Gasteiger partial charge on any atom is 0.255 e.